The largest absolute Gasteiger partial charge is 0.459 e. The second-order valence-electron chi connectivity index (χ2n) is 5.98. The molecule has 1 N–H and O–H groups in total. The van der Waals surface area contributed by atoms with E-state index in [-0.39, 0.29) is 17.4 Å². The fourth-order valence-electron chi connectivity index (χ4n) is 2.82. The van der Waals surface area contributed by atoms with Gasteiger partial charge in [-0.15, -0.1) is 0 Å². The van der Waals surface area contributed by atoms with Crippen LogP contribution in [-0.4, -0.2) is 34.8 Å². The van der Waals surface area contributed by atoms with Crippen molar-refractivity contribution >= 4 is 17.9 Å². The van der Waals surface area contributed by atoms with Gasteiger partial charge >= 0.3 is 0 Å². The summed E-state index contributed by atoms with van der Waals surface area (Å²) in [5, 5.41) is 2.69. The van der Waals surface area contributed by atoms with Crippen LogP contribution in [0.3, 0.4) is 0 Å². The van der Waals surface area contributed by atoms with Crippen LogP contribution in [-0.2, 0) is 4.79 Å². The van der Waals surface area contributed by atoms with Crippen molar-refractivity contribution in [3.8, 4) is 0 Å². The molecule has 0 bridgehead atoms. The normalized spacial score (nSPS) is 15.5. The Hall–Kier alpha value is -2.89. The van der Waals surface area contributed by atoms with Crippen molar-refractivity contribution in [3.05, 3.63) is 59.9 Å². The molecule has 6 nitrogen and oxygen atoms in total. The van der Waals surface area contributed by atoms with Crippen LogP contribution in [0.1, 0.15) is 41.8 Å². The van der Waals surface area contributed by atoms with Gasteiger partial charge in [-0.1, -0.05) is 18.9 Å². The molecule has 0 unspecified atom stereocenters. The zero-order valence-corrected chi connectivity index (χ0v) is 14.0. The van der Waals surface area contributed by atoms with E-state index in [2.05, 4.69) is 10.3 Å². The lowest BCUT2D eigenvalue weighted by Crippen LogP contribution is -2.38. The van der Waals surface area contributed by atoms with Crippen molar-refractivity contribution in [2.45, 2.75) is 25.7 Å². The molecule has 2 amide bonds. The van der Waals surface area contributed by atoms with Gasteiger partial charge in [0.25, 0.3) is 11.8 Å². The first-order chi connectivity index (χ1) is 12.2. The summed E-state index contributed by atoms with van der Waals surface area (Å²) in [7, 11) is 0. The Bertz CT molecular complexity index is 731. The van der Waals surface area contributed by atoms with Crippen LogP contribution < -0.4 is 5.32 Å². The lowest BCUT2D eigenvalue weighted by molar-refractivity contribution is -0.127. The molecule has 3 heterocycles. The molecule has 0 aromatic carbocycles. The van der Waals surface area contributed by atoms with Gasteiger partial charge in [0, 0.05) is 25.5 Å². The van der Waals surface area contributed by atoms with Gasteiger partial charge in [-0.25, -0.2) is 0 Å². The smallest absolute Gasteiger partial charge is 0.291 e. The number of nitrogens with zero attached hydrogens (tertiary/aromatic N) is 2. The molecule has 0 aliphatic carbocycles. The molecule has 0 atom stereocenters. The minimum absolute atomic E-state index is 0.167. The lowest BCUT2D eigenvalue weighted by atomic mass is 10.2. The van der Waals surface area contributed by atoms with E-state index in [4.69, 9.17) is 4.42 Å². The Labute approximate surface area is 146 Å². The minimum atomic E-state index is -0.441. The van der Waals surface area contributed by atoms with E-state index in [0.717, 1.165) is 31.2 Å². The quantitative estimate of drug-likeness (QED) is 0.869. The van der Waals surface area contributed by atoms with Crippen molar-refractivity contribution in [3.63, 3.8) is 0 Å². The summed E-state index contributed by atoms with van der Waals surface area (Å²) < 4.78 is 5.12. The number of hydrogen-bond acceptors (Lipinski definition) is 4. The zero-order chi connectivity index (χ0) is 17.5. The highest BCUT2D eigenvalue weighted by molar-refractivity contribution is 6.04. The van der Waals surface area contributed by atoms with Crippen molar-refractivity contribution in [2.75, 3.05) is 13.1 Å². The lowest BCUT2D eigenvalue weighted by Gasteiger charge is -2.22. The molecule has 1 fully saturated rings. The number of nitrogens with one attached hydrogen (secondary N) is 1. The molecule has 0 spiro atoms. The van der Waals surface area contributed by atoms with Gasteiger partial charge in [-0.3, -0.25) is 14.6 Å². The van der Waals surface area contributed by atoms with E-state index in [1.165, 1.54) is 6.26 Å². The average Bonchev–Trinajstić information content (AvgIpc) is 3.04. The third kappa shape index (κ3) is 4.56. The summed E-state index contributed by atoms with van der Waals surface area (Å²) in [6, 6.07) is 6.82. The van der Waals surface area contributed by atoms with Crippen LogP contribution in [0.5, 0.6) is 0 Å². The number of carbonyl (C=O) groups excluding carboxylic acids is 2. The second kappa shape index (κ2) is 8.28. The van der Waals surface area contributed by atoms with Gasteiger partial charge in [0.2, 0.25) is 0 Å². The van der Waals surface area contributed by atoms with Crippen molar-refractivity contribution < 1.29 is 14.0 Å². The number of hydrogen-bond donors (Lipinski definition) is 1. The molecule has 2 aromatic heterocycles. The first-order valence-electron chi connectivity index (χ1n) is 8.50. The molecule has 3 rings (SSSR count). The SMILES string of the molecule is O=C(N/C(=C/c1cccnc1)C(=O)N1CCCCCC1)c1ccco1. The first kappa shape index (κ1) is 17.0. The van der Waals surface area contributed by atoms with Gasteiger partial charge in [0.05, 0.1) is 6.26 Å². The number of aromatic nitrogens is 1. The summed E-state index contributed by atoms with van der Waals surface area (Å²) in [4.78, 5) is 31.1. The first-order valence-corrected chi connectivity index (χ1v) is 8.50. The summed E-state index contributed by atoms with van der Waals surface area (Å²) in [5.41, 5.74) is 0.983. The number of carbonyl (C=O) groups is 2. The van der Waals surface area contributed by atoms with Crippen LogP contribution in [0.15, 0.2) is 53.0 Å². The van der Waals surface area contributed by atoms with Crippen molar-refractivity contribution in [2.24, 2.45) is 0 Å². The Morgan fingerprint density at radius 3 is 2.56 bits per heavy atom. The Kier molecular flexibility index (Phi) is 5.61. The van der Waals surface area contributed by atoms with Crippen LogP contribution in [0.4, 0.5) is 0 Å². The highest BCUT2D eigenvalue weighted by Crippen LogP contribution is 2.14. The van der Waals surface area contributed by atoms with E-state index in [0.29, 0.717) is 13.1 Å². The van der Waals surface area contributed by atoms with Crippen molar-refractivity contribution in [1.82, 2.24) is 15.2 Å². The molecule has 1 aliphatic heterocycles. The highest BCUT2D eigenvalue weighted by Gasteiger charge is 2.22. The van der Waals surface area contributed by atoms with Crippen LogP contribution >= 0.6 is 0 Å². The maximum atomic E-state index is 13.0. The summed E-state index contributed by atoms with van der Waals surface area (Å²) in [6.45, 7) is 1.42. The summed E-state index contributed by atoms with van der Waals surface area (Å²) >= 11 is 0. The number of amides is 2. The predicted octanol–water partition coefficient (Wildman–Crippen LogP) is 2.85. The molecular formula is C19H21N3O3. The number of furan rings is 1. The van der Waals surface area contributed by atoms with Gasteiger partial charge in [0.15, 0.2) is 5.76 Å². The van der Waals surface area contributed by atoms with Gasteiger partial charge in [-0.2, -0.15) is 0 Å². The van der Waals surface area contributed by atoms with E-state index in [9.17, 15) is 9.59 Å². The molecular weight excluding hydrogens is 318 g/mol. The molecule has 130 valence electrons. The standard InChI is InChI=1S/C19H21N3O3/c23-18(17-8-6-12-25-17)21-16(13-15-7-5-9-20-14-15)19(24)22-10-3-1-2-4-11-22/h5-9,12-14H,1-4,10-11H2,(H,21,23)/b16-13+. The van der Waals surface area contributed by atoms with E-state index in [1.54, 1.807) is 41.6 Å². The number of pyridine rings is 1. The number of rotatable bonds is 4. The molecule has 1 aliphatic rings. The molecule has 6 heteroatoms. The highest BCUT2D eigenvalue weighted by atomic mass is 16.3. The fraction of sp³-hybridized carbons (Fsp3) is 0.316. The third-order valence-electron chi connectivity index (χ3n) is 4.11. The maximum absolute atomic E-state index is 13.0. The van der Waals surface area contributed by atoms with Gasteiger partial charge in [0.1, 0.15) is 5.70 Å². The molecule has 0 saturated carbocycles. The van der Waals surface area contributed by atoms with Crippen LogP contribution in [0.25, 0.3) is 6.08 Å². The monoisotopic (exact) mass is 339 g/mol. The minimum Gasteiger partial charge on any atom is -0.459 e. The topological polar surface area (TPSA) is 75.4 Å². The zero-order valence-electron chi connectivity index (χ0n) is 14.0. The van der Waals surface area contributed by atoms with E-state index >= 15 is 0 Å². The molecule has 25 heavy (non-hydrogen) atoms. The van der Waals surface area contributed by atoms with Gasteiger partial charge in [-0.05, 0) is 42.7 Å². The molecule has 0 radical (unpaired) electrons. The maximum Gasteiger partial charge on any atom is 0.291 e. The Morgan fingerprint density at radius 1 is 1.12 bits per heavy atom. The predicted molar refractivity (Wildman–Crippen MR) is 93.4 cm³/mol. The Morgan fingerprint density at radius 2 is 1.92 bits per heavy atom. The van der Waals surface area contributed by atoms with Gasteiger partial charge < -0.3 is 14.6 Å². The summed E-state index contributed by atoms with van der Waals surface area (Å²) in [5.74, 6) is -0.449. The van der Waals surface area contributed by atoms with Crippen LogP contribution in [0.2, 0.25) is 0 Å². The molecule has 2 aromatic rings. The Balaban J connectivity index is 1.84. The number of likely N-dealkylation sites (tertiary alicyclic amines) is 1. The van der Waals surface area contributed by atoms with E-state index in [1.807, 2.05) is 6.07 Å². The fourth-order valence-corrected chi connectivity index (χ4v) is 2.82. The second-order valence-corrected chi connectivity index (χ2v) is 5.98. The molecule has 1 saturated heterocycles. The van der Waals surface area contributed by atoms with E-state index < -0.39 is 5.91 Å². The third-order valence-corrected chi connectivity index (χ3v) is 4.11. The summed E-state index contributed by atoms with van der Waals surface area (Å²) in [6.07, 6.45) is 10.6. The average molecular weight is 339 g/mol. The van der Waals surface area contributed by atoms with Crippen molar-refractivity contribution in [1.29, 1.82) is 0 Å². The van der Waals surface area contributed by atoms with Crippen LogP contribution in [0, 0.1) is 0 Å².